The average Bonchev–Trinajstić information content (AvgIpc) is 2.66. The van der Waals surface area contributed by atoms with Crippen molar-refractivity contribution >= 4 is 44.0 Å². The van der Waals surface area contributed by atoms with Gasteiger partial charge in [-0.05, 0) is 57.9 Å². The van der Waals surface area contributed by atoms with E-state index in [1.165, 1.54) is 13.3 Å². The molecule has 0 aromatic heterocycles. The van der Waals surface area contributed by atoms with Crippen molar-refractivity contribution in [2.45, 2.75) is 0 Å². The van der Waals surface area contributed by atoms with Crippen molar-refractivity contribution < 1.29 is 19.0 Å². The van der Waals surface area contributed by atoms with Gasteiger partial charge in [0.15, 0.2) is 18.1 Å². The molecule has 6 nitrogen and oxygen atoms in total. The number of carbonyl (C=O) groups excluding carboxylic acids is 1. The van der Waals surface area contributed by atoms with Gasteiger partial charge in [-0.1, -0.05) is 28.6 Å². The summed E-state index contributed by atoms with van der Waals surface area (Å²) >= 11 is 6.75. The molecule has 1 amide bonds. The number of ether oxygens (including phenoxy) is 3. The van der Waals surface area contributed by atoms with Gasteiger partial charge < -0.3 is 14.2 Å². The zero-order chi connectivity index (χ0) is 19.6. The van der Waals surface area contributed by atoms with Crippen molar-refractivity contribution in [3.05, 3.63) is 63.6 Å². The average molecular weight is 498 g/mol. The van der Waals surface area contributed by atoms with Gasteiger partial charge in [0, 0.05) is 4.47 Å². The number of halogens is 2. The van der Waals surface area contributed by atoms with Crippen molar-refractivity contribution in [2.24, 2.45) is 5.10 Å². The van der Waals surface area contributed by atoms with E-state index in [4.69, 9.17) is 14.2 Å². The molecule has 2 rings (SSSR count). The number of carbonyl (C=O) groups is 1. The van der Waals surface area contributed by atoms with Crippen LogP contribution in [0.4, 0.5) is 0 Å². The molecule has 0 unspecified atom stereocenters. The van der Waals surface area contributed by atoms with Gasteiger partial charge in [-0.3, -0.25) is 4.79 Å². The fraction of sp³-hybridized carbons (Fsp3) is 0.158. The number of methoxy groups -OCH3 is 1. The topological polar surface area (TPSA) is 69.2 Å². The molecule has 27 heavy (non-hydrogen) atoms. The van der Waals surface area contributed by atoms with Gasteiger partial charge in [0.05, 0.1) is 17.8 Å². The summed E-state index contributed by atoms with van der Waals surface area (Å²) in [4.78, 5) is 11.9. The first kappa shape index (κ1) is 21.0. The van der Waals surface area contributed by atoms with Crippen LogP contribution in [0.2, 0.25) is 0 Å². The summed E-state index contributed by atoms with van der Waals surface area (Å²) in [7, 11) is 1.53. The highest BCUT2D eigenvalue weighted by atomic mass is 79.9. The van der Waals surface area contributed by atoms with E-state index in [9.17, 15) is 4.79 Å². The molecule has 0 aliphatic heterocycles. The lowest BCUT2D eigenvalue weighted by Crippen LogP contribution is -2.24. The van der Waals surface area contributed by atoms with E-state index in [1.807, 2.05) is 24.3 Å². The summed E-state index contributed by atoms with van der Waals surface area (Å²) in [6.07, 6.45) is 3.21. The molecule has 0 aliphatic carbocycles. The maximum absolute atomic E-state index is 11.9. The molecule has 8 heteroatoms. The Morgan fingerprint density at radius 1 is 1.22 bits per heavy atom. The summed E-state index contributed by atoms with van der Waals surface area (Å²) in [6.45, 7) is 3.84. The van der Waals surface area contributed by atoms with Gasteiger partial charge in [-0.15, -0.1) is 0 Å². The van der Waals surface area contributed by atoms with Crippen molar-refractivity contribution in [3.63, 3.8) is 0 Å². The summed E-state index contributed by atoms with van der Waals surface area (Å²) in [5.41, 5.74) is 3.23. The van der Waals surface area contributed by atoms with Gasteiger partial charge in [-0.2, -0.15) is 5.10 Å². The zero-order valence-electron chi connectivity index (χ0n) is 14.6. The van der Waals surface area contributed by atoms with Crippen LogP contribution in [0.25, 0.3) is 0 Å². The predicted octanol–water partition coefficient (Wildman–Crippen LogP) is 4.31. The normalized spacial score (nSPS) is 10.5. The molecule has 2 aromatic carbocycles. The van der Waals surface area contributed by atoms with Crippen LogP contribution in [0.15, 0.2) is 63.1 Å². The third-order valence-electron chi connectivity index (χ3n) is 3.19. The van der Waals surface area contributed by atoms with Crippen LogP contribution in [-0.2, 0) is 4.79 Å². The minimum atomic E-state index is -0.394. The summed E-state index contributed by atoms with van der Waals surface area (Å²) < 4.78 is 17.7. The number of nitrogens with one attached hydrogen (secondary N) is 1. The van der Waals surface area contributed by atoms with E-state index in [0.717, 1.165) is 15.8 Å². The second-order valence-corrected chi connectivity index (χ2v) is 6.94. The van der Waals surface area contributed by atoms with Crippen LogP contribution in [0.5, 0.6) is 17.2 Å². The lowest BCUT2D eigenvalue weighted by molar-refractivity contribution is -0.123. The Labute approximate surface area is 174 Å². The van der Waals surface area contributed by atoms with Gasteiger partial charge in [0.1, 0.15) is 12.4 Å². The molecule has 0 atom stereocenters. The lowest BCUT2D eigenvalue weighted by Gasteiger charge is -2.12. The fourth-order valence-electron chi connectivity index (χ4n) is 1.98. The Kier molecular flexibility index (Phi) is 8.35. The SMILES string of the molecule is C=CCOc1ccc(/C=N\NC(=O)COc2c(Br)cc(Br)cc2OC)cc1. The first-order chi connectivity index (χ1) is 13.0. The molecular weight excluding hydrogens is 480 g/mol. The Hall–Kier alpha value is -2.32. The second kappa shape index (κ2) is 10.7. The minimum absolute atomic E-state index is 0.206. The van der Waals surface area contributed by atoms with Gasteiger partial charge in [-0.25, -0.2) is 5.43 Å². The standard InChI is InChI=1S/C19H18Br2N2O4/c1-3-8-26-15-6-4-13(5-7-15)11-22-23-18(24)12-27-19-16(21)9-14(20)10-17(19)25-2/h3-7,9-11H,1,8,12H2,2H3,(H,23,24)/b22-11-. The summed E-state index contributed by atoms with van der Waals surface area (Å²) in [5.74, 6) is 1.29. The molecule has 0 saturated carbocycles. The van der Waals surface area contributed by atoms with E-state index in [0.29, 0.717) is 22.6 Å². The van der Waals surface area contributed by atoms with Crippen molar-refractivity contribution in [1.29, 1.82) is 0 Å². The first-order valence-corrected chi connectivity index (χ1v) is 9.43. The monoisotopic (exact) mass is 496 g/mol. The van der Waals surface area contributed by atoms with Crippen LogP contribution in [-0.4, -0.2) is 32.4 Å². The number of nitrogens with zero attached hydrogens (tertiary/aromatic N) is 1. The van der Waals surface area contributed by atoms with Crippen LogP contribution in [0, 0.1) is 0 Å². The maximum atomic E-state index is 11.9. The van der Waals surface area contributed by atoms with E-state index in [2.05, 4.69) is 49.0 Å². The van der Waals surface area contributed by atoms with E-state index in [1.54, 1.807) is 18.2 Å². The van der Waals surface area contributed by atoms with Crippen molar-refractivity contribution in [2.75, 3.05) is 20.3 Å². The number of amides is 1. The molecule has 0 radical (unpaired) electrons. The van der Waals surface area contributed by atoms with Crippen LogP contribution in [0.1, 0.15) is 5.56 Å². The highest BCUT2D eigenvalue weighted by Gasteiger charge is 2.12. The first-order valence-electron chi connectivity index (χ1n) is 7.85. The van der Waals surface area contributed by atoms with E-state index in [-0.39, 0.29) is 6.61 Å². The fourth-order valence-corrected chi connectivity index (χ4v) is 3.28. The molecule has 2 aromatic rings. The summed E-state index contributed by atoms with van der Waals surface area (Å²) in [6, 6.07) is 10.8. The maximum Gasteiger partial charge on any atom is 0.277 e. The van der Waals surface area contributed by atoms with Crippen molar-refractivity contribution in [1.82, 2.24) is 5.43 Å². The van der Waals surface area contributed by atoms with Gasteiger partial charge >= 0.3 is 0 Å². The third-order valence-corrected chi connectivity index (χ3v) is 4.24. The van der Waals surface area contributed by atoms with Gasteiger partial charge in [0.2, 0.25) is 0 Å². The highest BCUT2D eigenvalue weighted by molar-refractivity contribution is 9.11. The molecule has 142 valence electrons. The van der Waals surface area contributed by atoms with Crippen molar-refractivity contribution in [3.8, 4) is 17.2 Å². The molecule has 0 spiro atoms. The Morgan fingerprint density at radius 2 is 1.96 bits per heavy atom. The lowest BCUT2D eigenvalue weighted by atomic mass is 10.2. The molecule has 0 fully saturated rings. The number of hydrogen-bond acceptors (Lipinski definition) is 5. The number of benzene rings is 2. The Morgan fingerprint density at radius 3 is 2.63 bits per heavy atom. The zero-order valence-corrected chi connectivity index (χ0v) is 17.7. The minimum Gasteiger partial charge on any atom is -0.493 e. The van der Waals surface area contributed by atoms with E-state index >= 15 is 0 Å². The van der Waals surface area contributed by atoms with Crippen LogP contribution >= 0.6 is 31.9 Å². The smallest absolute Gasteiger partial charge is 0.277 e. The second-order valence-electron chi connectivity index (χ2n) is 5.17. The predicted molar refractivity (Wildman–Crippen MR) is 112 cm³/mol. The molecule has 1 N–H and O–H groups in total. The number of hydrogen-bond donors (Lipinski definition) is 1. The highest BCUT2D eigenvalue weighted by Crippen LogP contribution is 2.38. The molecule has 0 aliphatic rings. The number of rotatable bonds is 9. The Balaban J connectivity index is 1.86. The van der Waals surface area contributed by atoms with Crippen LogP contribution in [0.3, 0.4) is 0 Å². The van der Waals surface area contributed by atoms with Crippen LogP contribution < -0.4 is 19.6 Å². The quantitative estimate of drug-likeness (QED) is 0.318. The molecule has 0 bridgehead atoms. The van der Waals surface area contributed by atoms with Gasteiger partial charge in [0.25, 0.3) is 5.91 Å². The third kappa shape index (κ3) is 6.73. The number of hydrazone groups is 1. The summed E-state index contributed by atoms with van der Waals surface area (Å²) in [5, 5.41) is 3.91. The largest absolute Gasteiger partial charge is 0.493 e. The molecule has 0 heterocycles. The molecule has 0 saturated heterocycles. The Bertz CT molecular complexity index is 823. The van der Waals surface area contributed by atoms with E-state index < -0.39 is 5.91 Å². The molecular formula is C19H18Br2N2O4.